The number of rotatable bonds is 12. The summed E-state index contributed by atoms with van der Waals surface area (Å²) in [5.41, 5.74) is 2.31. The molecule has 0 heterocycles. The maximum atomic E-state index is 13.2. The van der Waals surface area contributed by atoms with Gasteiger partial charge in [-0.1, -0.05) is 35.9 Å². The zero-order valence-electron chi connectivity index (χ0n) is 21.5. The fourth-order valence-corrected chi connectivity index (χ4v) is 5.35. The van der Waals surface area contributed by atoms with Gasteiger partial charge in [-0.25, -0.2) is 13.2 Å². The van der Waals surface area contributed by atoms with Crippen molar-refractivity contribution < 1.29 is 27.8 Å². The average Bonchev–Trinajstić information content (AvgIpc) is 2.87. The van der Waals surface area contributed by atoms with Gasteiger partial charge >= 0.3 is 5.97 Å². The smallest absolute Gasteiger partial charge is 0.344 e. The third-order valence-electron chi connectivity index (χ3n) is 5.78. The monoisotopic (exact) mass is 581 g/mol. The molecule has 0 amide bonds. The number of carbonyl (C=O) groups excluding carboxylic acids is 1. The highest BCUT2D eigenvalue weighted by Crippen LogP contribution is 2.27. The van der Waals surface area contributed by atoms with Crippen LogP contribution in [0.2, 0.25) is 5.02 Å². The topological polar surface area (TPSA) is 102 Å². The van der Waals surface area contributed by atoms with E-state index in [-0.39, 0.29) is 41.5 Å². The van der Waals surface area contributed by atoms with E-state index in [0.717, 1.165) is 11.1 Å². The van der Waals surface area contributed by atoms with E-state index in [1.807, 2.05) is 13.0 Å². The summed E-state index contributed by atoms with van der Waals surface area (Å²) in [4.78, 5) is 11.8. The molecule has 0 spiro atoms. The number of carbonyl (C=O) groups is 1. The van der Waals surface area contributed by atoms with Crippen LogP contribution in [0.1, 0.15) is 36.6 Å². The second kappa shape index (κ2) is 14.5. The number of hydrogen-bond donors (Lipinski definition) is 2. The number of nitrogens with one attached hydrogen (secondary N) is 1. The molecule has 0 aliphatic rings. The Morgan fingerprint density at radius 2 is 1.74 bits per heavy atom. The van der Waals surface area contributed by atoms with Crippen LogP contribution in [0.4, 0.5) is 0 Å². The van der Waals surface area contributed by atoms with Crippen molar-refractivity contribution in [1.29, 1.82) is 0 Å². The maximum Gasteiger partial charge on any atom is 0.344 e. The first-order valence-corrected chi connectivity index (χ1v) is 13.9. The highest BCUT2D eigenvalue weighted by molar-refractivity contribution is 7.91. The first-order valence-electron chi connectivity index (χ1n) is 12.0. The zero-order valence-corrected chi connectivity index (χ0v) is 23.9. The van der Waals surface area contributed by atoms with E-state index in [4.69, 9.17) is 21.1 Å². The van der Waals surface area contributed by atoms with Crippen LogP contribution in [0.25, 0.3) is 0 Å². The third kappa shape index (κ3) is 8.71. The van der Waals surface area contributed by atoms with E-state index >= 15 is 0 Å². The molecule has 7 nitrogen and oxygen atoms in total. The molecule has 10 heteroatoms. The molecular weight excluding hydrogens is 549 g/mol. The van der Waals surface area contributed by atoms with E-state index in [0.29, 0.717) is 29.3 Å². The molecule has 3 aromatic rings. The molecule has 3 rings (SSSR count). The Labute approximate surface area is 235 Å². The van der Waals surface area contributed by atoms with Crippen molar-refractivity contribution in [1.82, 2.24) is 5.32 Å². The number of esters is 1. The first kappa shape index (κ1) is 31.6. The van der Waals surface area contributed by atoms with Crippen LogP contribution in [-0.2, 0) is 25.8 Å². The van der Waals surface area contributed by atoms with E-state index < -0.39 is 21.9 Å². The lowest BCUT2D eigenvalue weighted by Gasteiger charge is -2.18. The number of ether oxygens (including phenoxy) is 2. The van der Waals surface area contributed by atoms with Crippen molar-refractivity contribution in [3.63, 3.8) is 0 Å². The van der Waals surface area contributed by atoms with Gasteiger partial charge in [-0.15, -0.1) is 12.4 Å². The Bertz CT molecular complexity index is 1320. The minimum absolute atomic E-state index is 0. The molecule has 0 aliphatic heterocycles. The van der Waals surface area contributed by atoms with Crippen molar-refractivity contribution >= 4 is 39.8 Å². The van der Waals surface area contributed by atoms with Crippen LogP contribution >= 0.6 is 24.0 Å². The first-order chi connectivity index (χ1) is 17.6. The van der Waals surface area contributed by atoms with E-state index in [1.165, 1.54) is 12.1 Å². The molecule has 0 radical (unpaired) electrons. The Hall–Kier alpha value is -2.62. The van der Waals surface area contributed by atoms with Crippen molar-refractivity contribution in [3.8, 4) is 5.75 Å². The van der Waals surface area contributed by atoms with Crippen molar-refractivity contribution in [2.24, 2.45) is 0 Å². The summed E-state index contributed by atoms with van der Waals surface area (Å²) in [6, 6.07) is 18.5. The predicted molar refractivity (Wildman–Crippen MR) is 150 cm³/mol. The number of aryl methyl sites for hydroxylation is 1. The summed E-state index contributed by atoms with van der Waals surface area (Å²) in [6.45, 7) is 5.83. The quantitative estimate of drug-likeness (QED) is 0.287. The van der Waals surface area contributed by atoms with Gasteiger partial charge in [0.15, 0.2) is 6.61 Å². The summed E-state index contributed by atoms with van der Waals surface area (Å²) in [5, 5.41) is 14.3. The van der Waals surface area contributed by atoms with Gasteiger partial charge < -0.3 is 19.9 Å². The molecular formula is C28H33Cl2NO6S. The Kier molecular flexibility index (Phi) is 12.1. The fourth-order valence-electron chi connectivity index (χ4n) is 3.80. The molecule has 0 aliphatic carbocycles. The van der Waals surface area contributed by atoms with Gasteiger partial charge in [0.05, 0.1) is 22.5 Å². The van der Waals surface area contributed by atoms with E-state index in [1.54, 1.807) is 62.4 Å². The van der Waals surface area contributed by atoms with Crippen LogP contribution < -0.4 is 10.1 Å². The lowest BCUT2D eigenvalue weighted by Crippen LogP contribution is -2.32. The number of aliphatic hydroxyl groups excluding tert-OH is 1. The van der Waals surface area contributed by atoms with Crippen LogP contribution in [-0.4, -0.2) is 45.3 Å². The molecule has 0 saturated heterocycles. The van der Waals surface area contributed by atoms with Gasteiger partial charge in [-0.05, 0) is 86.3 Å². The van der Waals surface area contributed by atoms with Crippen molar-refractivity contribution in [3.05, 3.63) is 88.4 Å². The Balaban J connectivity index is 0.00000507. The highest BCUT2D eigenvalue weighted by atomic mass is 35.5. The molecule has 38 heavy (non-hydrogen) atoms. The third-order valence-corrected chi connectivity index (χ3v) is 7.78. The molecule has 206 valence electrons. The van der Waals surface area contributed by atoms with Crippen LogP contribution in [0.15, 0.2) is 76.5 Å². The lowest BCUT2D eigenvalue weighted by atomic mass is 10.1. The Morgan fingerprint density at radius 1 is 1.05 bits per heavy atom. The molecule has 2 N–H and O–H groups in total. The zero-order chi connectivity index (χ0) is 27.0. The number of aliphatic hydroxyl groups is 1. The second-order valence-corrected chi connectivity index (χ2v) is 11.1. The van der Waals surface area contributed by atoms with Gasteiger partial charge in [0, 0.05) is 17.6 Å². The predicted octanol–water partition coefficient (Wildman–Crippen LogP) is 5.10. The molecule has 0 unspecified atom stereocenters. The molecule has 3 aromatic carbocycles. The number of sulfone groups is 1. The Morgan fingerprint density at radius 3 is 2.37 bits per heavy atom. The molecule has 0 bridgehead atoms. The largest absolute Gasteiger partial charge is 0.482 e. The standard InChI is InChI=1S/C28H32ClNO6S.ClH/c1-4-35-28(32)18-36-27-13-12-25(14-19(27)2)37(33,34)24-10-8-21(9-11-24)15-20(3)30-17-26(31)22-6-5-7-23(29)16-22;/h5-14,16,20,26,30-31H,4,15,17-18H2,1-3H3;1H/t20-,26+;/m1./s1. The minimum Gasteiger partial charge on any atom is -0.482 e. The van der Waals surface area contributed by atoms with Gasteiger partial charge in [-0.3, -0.25) is 0 Å². The number of hydrogen-bond acceptors (Lipinski definition) is 7. The summed E-state index contributed by atoms with van der Waals surface area (Å²) in [7, 11) is -3.73. The second-order valence-electron chi connectivity index (χ2n) is 8.75. The van der Waals surface area contributed by atoms with Crippen LogP contribution in [0.5, 0.6) is 5.75 Å². The lowest BCUT2D eigenvalue weighted by molar-refractivity contribution is -0.145. The minimum atomic E-state index is -3.73. The van der Waals surface area contributed by atoms with Gasteiger partial charge in [0.2, 0.25) is 9.84 Å². The maximum absolute atomic E-state index is 13.2. The van der Waals surface area contributed by atoms with Gasteiger partial charge in [-0.2, -0.15) is 0 Å². The summed E-state index contributed by atoms with van der Waals surface area (Å²) in [5.74, 6) is -0.0650. The van der Waals surface area contributed by atoms with Gasteiger partial charge in [0.1, 0.15) is 5.75 Å². The van der Waals surface area contributed by atoms with Crippen molar-refractivity contribution in [2.75, 3.05) is 19.8 Å². The van der Waals surface area contributed by atoms with Crippen LogP contribution in [0, 0.1) is 6.92 Å². The molecule has 0 aromatic heterocycles. The normalized spacial score (nSPS) is 12.8. The van der Waals surface area contributed by atoms with E-state index in [2.05, 4.69) is 5.32 Å². The van der Waals surface area contributed by atoms with Crippen molar-refractivity contribution in [2.45, 2.75) is 49.1 Å². The van der Waals surface area contributed by atoms with Crippen LogP contribution in [0.3, 0.4) is 0 Å². The van der Waals surface area contributed by atoms with Gasteiger partial charge in [0.25, 0.3) is 0 Å². The highest BCUT2D eigenvalue weighted by Gasteiger charge is 2.19. The summed E-state index contributed by atoms with van der Waals surface area (Å²) in [6.07, 6.45) is -0.0205. The average molecular weight is 583 g/mol. The molecule has 0 saturated carbocycles. The molecule has 2 atom stereocenters. The number of benzene rings is 3. The SMILES string of the molecule is CCOC(=O)COc1ccc(S(=O)(=O)c2ccc(C[C@@H](C)NC[C@H](O)c3cccc(Cl)c3)cc2)cc1C.Cl. The summed E-state index contributed by atoms with van der Waals surface area (Å²) < 4.78 is 36.6. The van der Waals surface area contributed by atoms with E-state index in [9.17, 15) is 18.3 Å². The summed E-state index contributed by atoms with van der Waals surface area (Å²) >= 11 is 5.99. The molecule has 0 fully saturated rings. The number of halogens is 2. The fraction of sp³-hybridized carbons (Fsp3) is 0.321.